The third kappa shape index (κ3) is 1.37. The number of rotatable bonds is 1. The second kappa shape index (κ2) is 3.14. The van der Waals surface area contributed by atoms with Crippen LogP contribution in [0.4, 0.5) is 0 Å². The average Bonchev–Trinajstić information content (AvgIpc) is 2.49. The van der Waals surface area contributed by atoms with Crippen molar-refractivity contribution in [2.45, 2.75) is 18.8 Å². The monoisotopic (exact) mass is 240 g/mol. The van der Waals surface area contributed by atoms with Crippen LogP contribution in [-0.2, 0) is 11.2 Å². The molecule has 0 aromatic heterocycles. The molecule has 13 heavy (non-hydrogen) atoms. The predicted octanol–water partition coefficient (Wildman–Crippen LogP) is 2.56. The molecule has 0 radical (unpaired) electrons. The van der Waals surface area contributed by atoms with Crippen LogP contribution < -0.4 is 0 Å². The topological polar surface area (TPSA) is 37.3 Å². The molecule has 1 aromatic carbocycles. The minimum absolute atomic E-state index is 0.314. The summed E-state index contributed by atoms with van der Waals surface area (Å²) in [5, 5.41) is 8.96. The Morgan fingerprint density at radius 3 is 3.00 bits per heavy atom. The quantitative estimate of drug-likeness (QED) is 0.820. The third-order valence-electron chi connectivity index (χ3n) is 2.49. The van der Waals surface area contributed by atoms with Crippen molar-refractivity contribution >= 4 is 21.9 Å². The van der Waals surface area contributed by atoms with E-state index in [9.17, 15) is 4.79 Å². The van der Waals surface area contributed by atoms with Gasteiger partial charge in [0.25, 0.3) is 0 Å². The number of hydrogen-bond donors (Lipinski definition) is 1. The van der Waals surface area contributed by atoms with Crippen molar-refractivity contribution in [3.63, 3.8) is 0 Å². The summed E-state index contributed by atoms with van der Waals surface area (Å²) in [6.07, 6.45) is 1.61. The lowest BCUT2D eigenvalue weighted by Gasteiger charge is -2.07. The molecule has 68 valence electrons. The molecule has 1 aliphatic carbocycles. The lowest BCUT2D eigenvalue weighted by Crippen LogP contribution is -2.08. The molecule has 0 saturated carbocycles. The first kappa shape index (κ1) is 8.75. The summed E-state index contributed by atoms with van der Waals surface area (Å²) in [7, 11) is 0. The van der Waals surface area contributed by atoms with Gasteiger partial charge in [-0.05, 0) is 30.0 Å². The maximum atomic E-state index is 10.9. The first-order valence-electron chi connectivity index (χ1n) is 4.20. The Morgan fingerprint density at radius 2 is 2.31 bits per heavy atom. The van der Waals surface area contributed by atoms with E-state index >= 15 is 0 Å². The van der Waals surface area contributed by atoms with Crippen LogP contribution in [0.15, 0.2) is 22.7 Å². The molecular formula is C10H9BrO2. The van der Waals surface area contributed by atoms with Crippen molar-refractivity contribution < 1.29 is 9.90 Å². The molecule has 0 fully saturated rings. The third-order valence-corrected chi connectivity index (χ3v) is 3.18. The van der Waals surface area contributed by atoms with E-state index in [2.05, 4.69) is 15.9 Å². The molecule has 1 N–H and O–H groups in total. The van der Waals surface area contributed by atoms with Crippen LogP contribution in [0.3, 0.4) is 0 Å². The van der Waals surface area contributed by atoms with Gasteiger partial charge < -0.3 is 5.11 Å². The van der Waals surface area contributed by atoms with Crippen molar-refractivity contribution in [1.29, 1.82) is 0 Å². The van der Waals surface area contributed by atoms with E-state index in [1.807, 2.05) is 18.2 Å². The van der Waals surface area contributed by atoms with Crippen LogP contribution in [0.25, 0.3) is 0 Å². The molecule has 1 unspecified atom stereocenters. The summed E-state index contributed by atoms with van der Waals surface area (Å²) >= 11 is 3.39. The highest BCUT2D eigenvalue weighted by Crippen LogP contribution is 2.37. The van der Waals surface area contributed by atoms with Gasteiger partial charge in [0.2, 0.25) is 0 Å². The van der Waals surface area contributed by atoms with E-state index in [-0.39, 0.29) is 5.92 Å². The molecule has 0 heterocycles. The van der Waals surface area contributed by atoms with Crippen molar-refractivity contribution in [2.75, 3.05) is 0 Å². The molecule has 0 spiro atoms. The van der Waals surface area contributed by atoms with Crippen LogP contribution >= 0.6 is 15.9 Å². The Hall–Kier alpha value is -0.830. The van der Waals surface area contributed by atoms with Gasteiger partial charge in [0.15, 0.2) is 0 Å². The number of halogens is 1. The predicted molar refractivity (Wildman–Crippen MR) is 52.8 cm³/mol. The maximum Gasteiger partial charge on any atom is 0.311 e. The molecule has 0 aliphatic heterocycles. The number of benzene rings is 1. The Bertz CT molecular complexity index is 360. The van der Waals surface area contributed by atoms with E-state index in [0.717, 1.165) is 22.9 Å². The number of hydrogen-bond acceptors (Lipinski definition) is 1. The number of fused-ring (bicyclic) bond motifs is 1. The fourth-order valence-electron chi connectivity index (χ4n) is 1.88. The van der Waals surface area contributed by atoms with E-state index < -0.39 is 5.97 Å². The van der Waals surface area contributed by atoms with Gasteiger partial charge in [0.1, 0.15) is 0 Å². The average molecular weight is 241 g/mol. The molecule has 0 bridgehead atoms. The van der Waals surface area contributed by atoms with Gasteiger partial charge in [0.05, 0.1) is 5.92 Å². The molecule has 3 heteroatoms. The standard InChI is InChI=1S/C10H9BrO2/c11-8-3-1-2-6-4-5-7(9(6)8)10(12)13/h1-3,7H,4-5H2,(H,12,13). The SMILES string of the molecule is O=C(O)C1CCc2cccc(Br)c21. The summed E-state index contributed by atoms with van der Waals surface area (Å²) in [6.45, 7) is 0. The van der Waals surface area contributed by atoms with Gasteiger partial charge in [-0.2, -0.15) is 0 Å². The zero-order chi connectivity index (χ0) is 9.42. The number of carbonyl (C=O) groups is 1. The van der Waals surface area contributed by atoms with E-state index in [1.165, 1.54) is 5.56 Å². The van der Waals surface area contributed by atoms with Crippen LogP contribution in [0, 0.1) is 0 Å². The summed E-state index contributed by atoms with van der Waals surface area (Å²) in [5.41, 5.74) is 2.14. The summed E-state index contributed by atoms with van der Waals surface area (Å²) in [5.74, 6) is -1.03. The highest BCUT2D eigenvalue weighted by molar-refractivity contribution is 9.10. The van der Waals surface area contributed by atoms with Gasteiger partial charge in [-0.15, -0.1) is 0 Å². The maximum absolute atomic E-state index is 10.9. The molecule has 2 nitrogen and oxygen atoms in total. The Balaban J connectivity index is 2.52. The summed E-state index contributed by atoms with van der Waals surface area (Å²) in [4.78, 5) is 10.9. The molecule has 0 amide bonds. The molecule has 1 atom stereocenters. The summed E-state index contributed by atoms with van der Waals surface area (Å²) in [6, 6.07) is 5.86. The van der Waals surface area contributed by atoms with E-state index in [0.29, 0.717) is 0 Å². The lowest BCUT2D eigenvalue weighted by molar-refractivity contribution is -0.138. The zero-order valence-corrected chi connectivity index (χ0v) is 8.54. The molecular weight excluding hydrogens is 232 g/mol. The van der Waals surface area contributed by atoms with Gasteiger partial charge in [-0.3, -0.25) is 4.79 Å². The smallest absolute Gasteiger partial charge is 0.311 e. The van der Waals surface area contributed by atoms with E-state index in [1.54, 1.807) is 0 Å². The molecule has 0 saturated heterocycles. The van der Waals surface area contributed by atoms with Crippen LogP contribution in [-0.4, -0.2) is 11.1 Å². The van der Waals surface area contributed by atoms with Gasteiger partial charge in [-0.25, -0.2) is 0 Å². The summed E-state index contributed by atoms with van der Waals surface area (Å²) < 4.78 is 0.926. The van der Waals surface area contributed by atoms with Crippen molar-refractivity contribution in [2.24, 2.45) is 0 Å². The van der Waals surface area contributed by atoms with Crippen LogP contribution in [0.1, 0.15) is 23.5 Å². The molecule has 2 rings (SSSR count). The fourth-order valence-corrected chi connectivity index (χ4v) is 2.56. The van der Waals surface area contributed by atoms with Gasteiger partial charge in [0, 0.05) is 4.47 Å². The molecule has 1 aliphatic rings. The van der Waals surface area contributed by atoms with Crippen LogP contribution in [0.2, 0.25) is 0 Å². The highest BCUT2D eigenvalue weighted by Gasteiger charge is 2.29. The Kier molecular flexibility index (Phi) is 2.12. The lowest BCUT2D eigenvalue weighted by atomic mass is 10.0. The van der Waals surface area contributed by atoms with Gasteiger partial charge in [-0.1, -0.05) is 28.1 Å². The first-order valence-corrected chi connectivity index (χ1v) is 4.99. The minimum Gasteiger partial charge on any atom is -0.481 e. The second-order valence-electron chi connectivity index (χ2n) is 3.24. The second-order valence-corrected chi connectivity index (χ2v) is 4.10. The number of aliphatic carboxylic acids is 1. The van der Waals surface area contributed by atoms with Crippen molar-refractivity contribution in [1.82, 2.24) is 0 Å². The Morgan fingerprint density at radius 1 is 1.54 bits per heavy atom. The number of aryl methyl sites for hydroxylation is 1. The Labute approximate surface area is 84.7 Å². The number of carboxylic acid groups (broad SMARTS) is 1. The minimum atomic E-state index is -0.717. The molecule has 1 aromatic rings. The van der Waals surface area contributed by atoms with E-state index in [4.69, 9.17) is 5.11 Å². The first-order chi connectivity index (χ1) is 6.20. The highest BCUT2D eigenvalue weighted by atomic mass is 79.9. The normalized spacial score (nSPS) is 19.9. The fraction of sp³-hybridized carbons (Fsp3) is 0.300. The zero-order valence-electron chi connectivity index (χ0n) is 6.96. The van der Waals surface area contributed by atoms with Crippen molar-refractivity contribution in [3.8, 4) is 0 Å². The van der Waals surface area contributed by atoms with Crippen LogP contribution in [0.5, 0.6) is 0 Å². The van der Waals surface area contributed by atoms with Gasteiger partial charge >= 0.3 is 5.97 Å². The number of carboxylic acids is 1. The van der Waals surface area contributed by atoms with Crippen molar-refractivity contribution in [3.05, 3.63) is 33.8 Å². The largest absolute Gasteiger partial charge is 0.481 e.